The summed E-state index contributed by atoms with van der Waals surface area (Å²) in [7, 11) is 1.73. The van der Waals surface area contributed by atoms with E-state index < -0.39 is 0 Å². The molecule has 0 bridgehead atoms. The summed E-state index contributed by atoms with van der Waals surface area (Å²) in [4.78, 5) is 16.4. The van der Waals surface area contributed by atoms with Crippen molar-refractivity contribution in [2.45, 2.75) is 0 Å². The Kier molecular flexibility index (Phi) is 4.55. The smallest absolute Gasteiger partial charge is 0.259 e. The molecular formula is C13H11Br2N3O. The van der Waals surface area contributed by atoms with E-state index in [1.165, 1.54) is 0 Å². The normalized spacial score (nSPS) is 10.1. The van der Waals surface area contributed by atoms with Crippen molar-refractivity contribution < 1.29 is 4.79 Å². The minimum absolute atomic E-state index is 0.212. The SMILES string of the molecule is CNc1ncc(Br)cc1C(=O)Nc1cccc(Br)c1. The molecule has 2 rings (SSSR count). The molecule has 0 radical (unpaired) electrons. The van der Waals surface area contributed by atoms with Crippen molar-refractivity contribution in [3.63, 3.8) is 0 Å². The molecule has 1 heterocycles. The lowest BCUT2D eigenvalue weighted by Gasteiger charge is -2.09. The molecule has 19 heavy (non-hydrogen) atoms. The topological polar surface area (TPSA) is 54.0 Å². The average molecular weight is 385 g/mol. The molecule has 98 valence electrons. The second-order valence-electron chi connectivity index (χ2n) is 3.76. The second-order valence-corrected chi connectivity index (χ2v) is 5.60. The lowest BCUT2D eigenvalue weighted by Crippen LogP contribution is -2.14. The number of anilines is 2. The number of carbonyl (C=O) groups excluding carboxylic acids is 1. The zero-order chi connectivity index (χ0) is 13.8. The summed E-state index contributed by atoms with van der Waals surface area (Å²) in [6.45, 7) is 0. The first kappa shape index (κ1) is 14.0. The van der Waals surface area contributed by atoms with Gasteiger partial charge in [-0.15, -0.1) is 0 Å². The summed E-state index contributed by atoms with van der Waals surface area (Å²) >= 11 is 6.68. The highest BCUT2D eigenvalue weighted by Gasteiger charge is 2.13. The van der Waals surface area contributed by atoms with Crippen molar-refractivity contribution in [1.29, 1.82) is 0 Å². The molecule has 0 spiro atoms. The van der Waals surface area contributed by atoms with Crippen LogP contribution in [-0.2, 0) is 0 Å². The van der Waals surface area contributed by atoms with E-state index in [9.17, 15) is 4.79 Å². The third kappa shape index (κ3) is 3.54. The van der Waals surface area contributed by atoms with Gasteiger partial charge in [0.2, 0.25) is 0 Å². The lowest BCUT2D eigenvalue weighted by atomic mass is 10.2. The Morgan fingerprint density at radius 2 is 2.00 bits per heavy atom. The van der Waals surface area contributed by atoms with Crippen LogP contribution in [0, 0.1) is 0 Å². The molecule has 2 aromatic rings. The quantitative estimate of drug-likeness (QED) is 0.843. The van der Waals surface area contributed by atoms with E-state index in [4.69, 9.17) is 0 Å². The first-order valence-electron chi connectivity index (χ1n) is 5.50. The van der Waals surface area contributed by atoms with Gasteiger partial charge in [-0.1, -0.05) is 22.0 Å². The van der Waals surface area contributed by atoms with Gasteiger partial charge in [-0.2, -0.15) is 0 Å². The van der Waals surface area contributed by atoms with Gasteiger partial charge >= 0.3 is 0 Å². The molecule has 1 amide bonds. The maximum atomic E-state index is 12.2. The number of aromatic nitrogens is 1. The summed E-state index contributed by atoms with van der Waals surface area (Å²) < 4.78 is 1.66. The largest absolute Gasteiger partial charge is 0.372 e. The number of pyridine rings is 1. The van der Waals surface area contributed by atoms with E-state index in [0.29, 0.717) is 11.4 Å². The summed E-state index contributed by atoms with van der Waals surface area (Å²) in [5.74, 6) is 0.326. The zero-order valence-electron chi connectivity index (χ0n) is 10.1. The molecule has 0 unspecified atom stereocenters. The average Bonchev–Trinajstić information content (AvgIpc) is 2.38. The first-order chi connectivity index (χ1) is 9.10. The standard InChI is InChI=1S/C13H11Br2N3O/c1-16-12-11(6-9(15)7-17-12)13(19)18-10-4-2-3-8(14)5-10/h2-7H,1H3,(H,16,17)(H,18,19). The molecule has 0 atom stereocenters. The minimum atomic E-state index is -0.212. The van der Waals surface area contributed by atoms with E-state index in [2.05, 4.69) is 47.5 Å². The van der Waals surface area contributed by atoms with Crippen molar-refractivity contribution in [2.24, 2.45) is 0 Å². The zero-order valence-corrected chi connectivity index (χ0v) is 13.2. The van der Waals surface area contributed by atoms with Gasteiger partial charge < -0.3 is 10.6 Å². The summed E-state index contributed by atoms with van der Waals surface area (Å²) in [5.41, 5.74) is 1.21. The third-order valence-electron chi connectivity index (χ3n) is 2.42. The van der Waals surface area contributed by atoms with Crippen LogP contribution in [0.5, 0.6) is 0 Å². The molecule has 4 nitrogen and oxygen atoms in total. The van der Waals surface area contributed by atoms with Crippen LogP contribution in [0.15, 0.2) is 45.5 Å². The van der Waals surface area contributed by atoms with E-state index in [1.54, 1.807) is 19.3 Å². The predicted molar refractivity (Wildman–Crippen MR) is 83.6 cm³/mol. The van der Waals surface area contributed by atoms with Crippen LogP contribution in [0.4, 0.5) is 11.5 Å². The summed E-state index contributed by atoms with van der Waals surface area (Å²) in [5, 5.41) is 5.73. The number of nitrogens with one attached hydrogen (secondary N) is 2. The van der Waals surface area contributed by atoms with E-state index >= 15 is 0 Å². The number of hydrogen-bond acceptors (Lipinski definition) is 3. The van der Waals surface area contributed by atoms with Gasteiger partial charge in [0.15, 0.2) is 0 Å². The monoisotopic (exact) mass is 383 g/mol. The fourth-order valence-corrected chi connectivity index (χ4v) is 2.31. The number of benzene rings is 1. The molecule has 0 saturated heterocycles. The van der Waals surface area contributed by atoms with Crippen LogP contribution in [0.1, 0.15) is 10.4 Å². The van der Waals surface area contributed by atoms with Crippen LogP contribution in [0.25, 0.3) is 0 Å². The second kappa shape index (κ2) is 6.16. The minimum Gasteiger partial charge on any atom is -0.372 e. The number of rotatable bonds is 3. The van der Waals surface area contributed by atoms with Crippen molar-refractivity contribution in [3.8, 4) is 0 Å². The number of nitrogens with zero attached hydrogens (tertiary/aromatic N) is 1. The first-order valence-corrected chi connectivity index (χ1v) is 7.09. The highest BCUT2D eigenvalue weighted by atomic mass is 79.9. The molecule has 1 aromatic heterocycles. The molecule has 0 aliphatic carbocycles. The van der Waals surface area contributed by atoms with Gasteiger partial charge in [0.25, 0.3) is 5.91 Å². The highest BCUT2D eigenvalue weighted by molar-refractivity contribution is 9.10. The molecular weight excluding hydrogens is 374 g/mol. The Bertz CT molecular complexity index is 617. The van der Waals surface area contributed by atoms with Crippen molar-refractivity contribution in [1.82, 2.24) is 4.98 Å². The molecule has 0 fully saturated rings. The Morgan fingerprint density at radius 1 is 1.21 bits per heavy atom. The van der Waals surface area contributed by atoms with Gasteiger partial charge in [-0.3, -0.25) is 4.79 Å². The van der Waals surface area contributed by atoms with E-state index in [1.807, 2.05) is 24.3 Å². The highest BCUT2D eigenvalue weighted by Crippen LogP contribution is 2.20. The molecule has 0 saturated carbocycles. The fraction of sp³-hybridized carbons (Fsp3) is 0.0769. The fourth-order valence-electron chi connectivity index (χ4n) is 1.58. The van der Waals surface area contributed by atoms with Crippen LogP contribution >= 0.6 is 31.9 Å². The van der Waals surface area contributed by atoms with Crippen LogP contribution in [0.3, 0.4) is 0 Å². The molecule has 0 aliphatic heterocycles. The summed E-state index contributed by atoms with van der Waals surface area (Å²) in [6, 6.07) is 9.15. The van der Waals surface area contributed by atoms with Crippen LogP contribution < -0.4 is 10.6 Å². The summed E-state index contributed by atoms with van der Waals surface area (Å²) in [6.07, 6.45) is 1.64. The third-order valence-corrected chi connectivity index (χ3v) is 3.35. The molecule has 6 heteroatoms. The Morgan fingerprint density at radius 3 is 2.68 bits per heavy atom. The molecule has 2 N–H and O–H groups in total. The number of hydrogen-bond donors (Lipinski definition) is 2. The van der Waals surface area contributed by atoms with E-state index in [0.717, 1.165) is 14.6 Å². The Hall–Kier alpha value is -1.40. The van der Waals surface area contributed by atoms with Gasteiger partial charge in [-0.05, 0) is 40.2 Å². The Labute approximate surface area is 127 Å². The molecule has 0 aliphatic rings. The maximum Gasteiger partial charge on any atom is 0.259 e. The maximum absolute atomic E-state index is 12.2. The predicted octanol–water partition coefficient (Wildman–Crippen LogP) is 3.90. The van der Waals surface area contributed by atoms with Gasteiger partial charge in [0.1, 0.15) is 5.82 Å². The van der Waals surface area contributed by atoms with Gasteiger partial charge in [-0.25, -0.2) is 4.98 Å². The Balaban J connectivity index is 2.27. The van der Waals surface area contributed by atoms with Gasteiger partial charge in [0, 0.05) is 27.9 Å². The van der Waals surface area contributed by atoms with E-state index in [-0.39, 0.29) is 5.91 Å². The lowest BCUT2D eigenvalue weighted by molar-refractivity contribution is 0.102. The van der Waals surface area contributed by atoms with Crippen molar-refractivity contribution in [3.05, 3.63) is 51.0 Å². The van der Waals surface area contributed by atoms with Crippen molar-refractivity contribution >= 4 is 49.3 Å². The number of halogens is 2. The van der Waals surface area contributed by atoms with Gasteiger partial charge in [0.05, 0.1) is 5.56 Å². The molecule has 1 aromatic carbocycles. The van der Waals surface area contributed by atoms with Crippen LogP contribution in [0.2, 0.25) is 0 Å². The van der Waals surface area contributed by atoms with Crippen LogP contribution in [-0.4, -0.2) is 17.9 Å². The number of carbonyl (C=O) groups is 1. The number of amides is 1. The van der Waals surface area contributed by atoms with Crippen molar-refractivity contribution in [2.75, 3.05) is 17.7 Å².